The van der Waals surface area contributed by atoms with E-state index in [1.165, 1.54) is 92.8 Å². The lowest BCUT2D eigenvalue weighted by atomic mass is 9.85. The van der Waals surface area contributed by atoms with E-state index >= 15 is 0 Å². The van der Waals surface area contributed by atoms with E-state index < -0.39 is 0 Å². The highest BCUT2D eigenvalue weighted by molar-refractivity contribution is 7.28. The van der Waals surface area contributed by atoms with Crippen LogP contribution in [0.1, 0.15) is 5.56 Å². The summed E-state index contributed by atoms with van der Waals surface area (Å²) in [5.41, 5.74) is 11.4. The van der Waals surface area contributed by atoms with Crippen molar-refractivity contribution in [3.8, 4) is 33.4 Å². The Morgan fingerprint density at radius 3 is 1.36 bits per heavy atom. The van der Waals surface area contributed by atoms with Crippen molar-refractivity contribution in [2.24, 2.45) is 4.99 Å². The molecule has 0 N–H and O–H groups in total. The van der Waals surface area contributed by atoms with E-state index in [1.54, 1.807) is 6.08 Å². The Hall–Kier alpha value is -7.25. The predicted molar refractivity (Wildman–Crippen MR) is 259 cm³/mol. The topological polar surface area (TPSA) is 15.6 Å². The fourth-order valence-corrected chi connectivity index (χ4v) is 9.96. The molecule has 9 aromatic carbocycles. The molecule has 10 aromatic rings. The molecule has 280 valence electrons. The Morgan fingerprint density at radius 1 is 0.492 bits per heavy atom. The highest BCUT2D eigenvalue weighted by Gasteiger charge is 2.21. The largest absolute Gasteiger partial charge is 0.335 e. The smallest absolute Gasteiger partial charge is 0.0853 e. The van der Waals surface area contributed by atoms with Crippen molar-refractivity contribution in [2.75, 3.05) is 4.90 Å². The quantitative estimate of drug-likeness (QED) is 0.0768. The molecule has 1 heterocycles. The van der Waals surface area contributed by atoms with E-state index in [4.69, 9.17) is 0 Å². The Labute approximate surface area is 346 Å². The number of allylic oxidation sites excluding steroid dienone is 2. The number of rotatable bonds is 10. The van der Waals surface area contributed by atoms with Gasteiger partial charge in [-0.05, 0) is 148 Å². The maximum Gasteiger partial charge on any atom is 0.0853 e. The average Bonchev–Trinajstić information content (AvgIpc) is 3.84. The number of benzene rings is 9. The van der Waals surface area contributed by atoms with Crippen LogP contribution in [0, 0.1) is 0 Å². The Balaban J connectivity index is 1.14. The molecule has 0 saturated heterocycles. The van der Waals surface area contributed by atoms with Gasteiger partial charge in [0.05, 0.1) is 11.4 Å². The van der Waals surface area contributed by atoms with E-state index in [-0.39, 0.29) is 0 Å². The zero-order valence-electron chi connectivity index (χ0n) is 32.7. The molecule has 10 rings (SSSR count). The fourth-order valence-electron chi connectivity index (χ4n) is 9.17. The summed E-state index contributed by atoms with van der Waals surface area (Å²) in [7, 11) is 0.725. The number of fused-ring (bicyclic) bond motifs is 5. The molecule has 59 heavy (non-hydrogen) atoms. The van der Waals surface area contributed by atoms with Crippen molar-refractivity contribution >= 4 is 74.5 Å². The Bertz CT molecular complexity index is 3180. The van der Waals surface area contributed by atoms with Gasteiger partial charge in [-0.1, -0.05) is 159 Å². The summed E-state index contributed by atoms with van der Waals surface area (Å²) in [6.45, 7) is 12.7. The summed E-state index contributed by atoms with van der Waals surface area (Å²) < 4.78 is 0. The number of anilines is 1. The molecule has 0 aliphatic rings. The second-order valence-electron chi connectivity index (χ2n) is 14.9. The molecular weight excluding hydrogens is 732 g/mol. The van der Waals surface area contributed by atoms with E-state index in [0.29, 0.717) is 12.2 Å². The van der Waals surface area contributed by atoms with Crippen LogP contribution in [0.2, 0.25) is 0 Å². The summed E-state index contributed by atoms with van der Waals surface area (Å²) in [5, 5.41) is 12.4. The molecule has 1 unspecified atom stereocenters. The lowest BCUT2D eigenvalue weighted by Crippen LogP contribution is -2.22. The summed E-state index contributed by atoms with van der Waals surface area (Å²) in [6, 6.07) is 62.1. The van der Waals surface area contributed by atoms with Crippen LogP contribution in [0.3, 0.4) is 0 Å². The second kappa shape index (κ2) is 15.3. The maximum atomic E-state index is 4.33. The van der Waals surface area contributed by atoms with Crippen LogP contribution >= 0.6 is 8.19 Å². The number of hydrogen-bond donors (Lipinski definition) is 0. The summed E-state index contributed by atoms with van der Waals surface area (Å²) in [5.74, 6) is 4.65. The van der Waals surface area contributed by atoms with Gasteiger partial charge < -0.3 is 4.90 Å². The van der Waals surface area contributed by atoms with Gasteiger partial charge in [0.1, 0.15) is 0 Å². The first-order valence-electron chi connectivity index (χ1n) is 20.0. The molecule has 1 aromatic heterocycles. The number of aliphatic imine (C=N–C) groups is 1. The van der Waals surface area contributed by atoms with Crippen LogP contribution in [-0.2, 0) is 6.54 Å². The molecule has 3 heteroatoms. The van der Waals surface area contributed by atoms with Gasteiger partial charge >= 0.3 is 0 Å². The summed E-state index contributed by atoms with van der Waals surface area (Å²) in [6.07, 6.45) is 3.60. The highest BCUT2D eigenvalue weighted by Crippen LogP contribution is 2.46. The third-order valence-corrected chi connectivity index (χ3v) is 12.6. The van der Waals surface area contributed by atoms with E-state index in [1.807, 2.05) is 12.1 Å². The van der Waals surface area contributed by atoms with Crippen molar-refractivity contribution in [1.29, 1.82) is 0 Å². The Morgan fingerprint density at radius 2 is 0.932 bits per heavy atom. The van der Waals surface area contributed by atoms with Gasteiger partial charge in [-0.15, -0.1) is 8.19 Å². The predicted octanol–water partition coefficient (Wildman–Crippen LogP) is 15.8. The molecule has 0 bridgehead atoms. The van der Waals surface area contributed by atoms with Crippen molar-refractivity contribution in [3.05, 3.63) is 224 Å². The lowest BCUT2D eigenvalue weighted by molar-refractivity contribution is 0.936. The minimum Gasteiger partial charge on any atom is -0.335 e. The van der Waals surface area contributed by atoms with Crippen LogP contribution in [-0.4, -0.2) is 6.72 Å². The number of nitrogens with zero attached hydrogens (tertiary/aromatic N) is 2. The van der Waals surface area contributed by atoms with Crippen LogP contribution in [0.5, 0.6) is 0 Å². The van der Waals surface area contributed by atoms with E-state index in [2.05, 4.69) is 205 Å². The number of para-hydroxylation sites is 1. The average molecular weight is 773 g/mol. The van der Waals surface area contributed by atoms with Gasteiger partial charge in [-0.25, -0.2) is 0 Å². The van der Waals surface area contributed by atoms with Crippen LogP contribution in [0.4, 0.5) is 5.69 Å². The first-order valence-corrected chi connectivity index (χ1v) is 21.1. The van der Waals surface area contributed by atoms with Crippen molar-refractivity contribution in [1.82, 2.24) is 0 Å². The molecular formula is C56H41N2P. The monoisotopic (exact) mass is 772 g/mol. The van der Waals surface area contributed by atoms with E-state index in [0.717, 1.165) is 19.6 Å². The molecule has 0 aliphatic heterocycles. The van der Waals surface area contributed by atoms with Gasteiger partial charge in [0.15, 0.2) is 0 Å². The van der Waals surface area contributed by atoms with Crippen molar-refractivity contribution < 1.29 is 0 Å². The normalized spacial score (nSPS) is 12.1. The highest BCUT2D eigenvalue weighted by atomic mass is 31.0. The maximum absolute atomic E-state index is 4.33. The SMILES string of the molecule is C=C/C(N=C)=C(\C=C)N(Cc1c2ccccc2c(-c2ccc3cc(-c4c5ccccc5c(-c5cc[pH]c5)c5ccccc45)ccc3c2)c2ccccc12)c1ccccc1. The molecule has 0 saturated carbocycles. The van der Waals surface area contributed by atoms with Crippen molar-refractivity contribution in [2.45, 2.75) is 6.54 Å². The lowest BCUT2D eigenvalue weighted by Gasteiger charge is -2.29. The molecule has 0 spiro atoms. The van der Waals surface area contributed by atoms with E-state index in [9.17, 15) is 0 Å². The van der Waals surface area contributed by atoms with Gasteiger partial charge in [-0.2, -0.15) is 0 Å². The van der Waals surface area contributed by atoms with Gasteiger partial charge in [0, 0.05) is 12.2 Å². The zero-order chi connectivity index (χ0) is 39.9. The van der Waals surface area contributed by atoms with Gasteiger partial charge in [0.2, 0.25) is 0 Å². The molecule has 0 fully saturated rings. The zero-order valence-corrected chi connectivity index (χ0v) is 33.7. The third kappa shape index (κ3) is 6.18. The molecule has 0 aliphatic carbocycles. The van der Waals surface area contributed by atoms with Gasteiger partial charge in [0.25, 0.3) is 0 Å². The molecule has 1 atom stereocenters. The molecule has 0 amide bonds. The first kappa shape index (κ1) is 36.1. The standard InChI is InChI=1S/C56H41N2P/c1-4-52(57-3)53(5-2)58(42-17-7-6-8-18-42)35-51-43-19-9-11-21-45(43)54(46-22-12-10-20-44(46)51)39-29-27-38-34-40(30-28-37(38)33-39)55-47-23-13-15-25-49(47)56(41-31-32-59-36-41)50-26-16-14-24-48(50)55/h4-34,36,59H,1-3,35H2/b53-52-. The Kier molecular flexibility index (Phi) is 9.34. The first-order chi connectivity index (χ1) is 29.2. The van der Waals surface area contributed by atoms with Crippen molar-refractivity contribution in [3.63, 3.8) is 0 Å². The summed E-state index contributed by atoms with van der Waals surface area (Å²) >= 11 is 0. The molecule has 2 nitrogen and oxygen atoms in total. The fraction of sp³-hybridized carbons (Fsp3) is 0.0179. The van der Waals surface area contributed by atoms with Crippen LogP contribution < -0.4 is 4.90 Å². The molecule has 0 radical (unpaired) electrons. The second-order valence-corrected chi connectivity index (χ2v) is 15.9. The van der Waals surface area contributed by atoms with Crippen LogP contribution in [0.15, 0.2) is 223 Å². The summed E-state index contributed by atoms with van der Waals surface area (Å²) in [4.78, 5) is 6.60. The van der Waals surface area contributed by atoms with Crippen LogP contribution in [0.25, 0.3) is 87.2 Å². The number of hydrogen-bond acceptors (Lipinski definition) is 2. The minimum atomic E-state index is 0.596. The minimum absolute atomic E-state index is 0.596. The third-order valence-electron chi connectivity index (χ3n) is 11.8. The van der Waals surface area contributed by atoms with Gasteiger partial charge in [-0.3, -0.25) is 4.99 Å².